The minimum atomic E-state index is 0.0641. The second-order valence-electron chi connectivity index (χ2n) is 10.1. The number of aliphatic hydroxyl groups is 1. The standard InChI is InChI=1S/C23H36N4O/c1-23(2,3)21-12-18-22(27(21)4)26-19(13-24-18)17-10-6-9-16(20(14-28)25-17)11-15-7-5-8-15/h12-13,15-17,20,25,28H,5-11,14H2,1-4H3/t16-,17?,20-/m0/s1. The molecule has 0 radical (unpaired) electrons. The third kappa shape index (κ3) is 3.84. The molecule has 2 aromatic rings. The number of hydrogen-bond donors (Lipinski definition) is 2. The largest absolute Gasteiger partial charge is 0.395 e. The quantitative estimate of drug-likeness (QED) is 0.827. The molecule has 28 heavy (non-hydrogen) atoms. The van der Waals surface area contributed by atoms with Gasteiger partial charge in [0.2, 0.25) is 0 Å². The SMILES string of the molecule is Cn1c(C(C)(C)C)cc2ncc(C3CCC[C@@H](CC4CCC4)[C@H](CO)N3)nc21. The highest BCUT2D eigenvalue weighted by Crippen LogP contribution is 2.37. The Morgan fingerprint density at radius 1 is 1.18 bits per heavy atom. The van der Waals surface area contributed by atoms with Gasteiger partial charge in [0.25, 0.3) is 0 Å². The average molecular weight is 385 g/mol. The third-order valence-electron chi connectivity index (χ3n) is 6.99. The van der Waals surface area contributed by atoms with Gasteiger partial charge in [0.15, 0.2) is 5.65 Å². The maximum absolute atomic E-state index is 10.1. The summed E-state index contributed by atoms with van der Waals surface area (Å²) in [5.74, 6) is 1.47. The second-order valence-corrected chi connectivity index (χ2v) is 10.1. The van der Waals surface area contributed by atoms with Crippen LogP contribution >= 0.6 is 0 Å². The molecule has 0 aromatic carbocycles. The monoisotopic (exact) mass is 384 g/mol. The number of nitrogens with zero attached hydrogens (tertiary/aromatic N) is 3. The summed E-state index contributed by atoms with van der Waals surface area (Å²) in [4.78, 5) is 9.75. The molecule has 2 fully saturated rings. The molecule has 1 aliphatic carbocycles. The van der Waals surface area contributed by atoms with E-state index < -0.39 is 0 Å². The van der Waals surface area contributed by atoms with Crippen LogP contribution < -0.4 is 5.32 Å². The van der Waals surface area contributed by atoms with Gasteiger partial charge in [0, 0.05) is 24.2 Å². The molecule has 1 aliphatic heterocycles. The van der Waals surface area contributed by atoms with E-state index in [4.69, 9.17) is 9.97 Å². The molecule has 5 nitrogen and oxygen atoms in total. The first-order valence-electron chi connectivity index (χ1n) is 11.1. The van der Waals surface area contributed by atoms with Gasteiger partial charge in [-0.15, -0.1) is 0 Å². The number of fused-ring (bicyclic) bond motifs is 1. The van der Waals surface area contributed by atoms with Crippen LogP contribution in [0.15, 0.2) is 12.3 Å². The number of rotatable bonds is 4. The van der Waals surface area contributed by atoms with Gasteiger partial charge in [-0.1, -0.05) is 46.5 Å². The minimum absolute atomic E-state index is 0.0641. The first-order valence-corrected chi connectivity index (χ1v) is 11.1. The van der Waals surface area contributed by atoms with Crippen LogP contribution in [0.2, 0.25) is 0 Å². The van der Waals surface area contributed by atoms with E-state index >= 15 is 0 Å². The van der Waals surface area contributed by atoms with Crippen LogP contribution in [0, 0.1) is 11.8 Å². The summed E-state index contributed by atoms with van der Waals surface area (Å²) in [6.07, 6.45) is 10.8. The number of aryl methyl sites for hydroxylation is 1. The van der Waals surface area contributed by atoms with Gasteiger partial charge >= 0.3 is 0 Å². The normalized spacial score (nSPS) is 27.0. The lowest BCUT2D eigenvalue weighted by Gasteiger charge is -2.33. The molecule has 2 aliphatic rings. The lowest BCUT2D eigenvalue weighted by atomic mass is 9.76. The molecule has 2 aromatic heterocycles. The number of aliphatic hydroxyl groups excluding tert-OH is 1. The van der Waals surface area contributed by atoms with Crippen molar-refractivity contribution in [2.75, 3.05) is 6.61 Å². The smallest absolute Gasteiger partial charge is 0.158 e. The fraction of sp³-hybridized carbons (Fsp3) is 0.739. The van der Waals surface area contributed by atoms with Gasteiger partial charge in [-0.3, -0.25) is 4.98 Å². The highest BCUT2D eigenvalue weighted by molar-refractivity contribution is 5.73. The second kappa shape index (κ2) is 7.75. The van der Waals surface area contributed by atoms with Crippen LogP contribution in [0.3, 0.4) is 0 Å². The van der Waals surface area contributed by atoms with E-state index in [1.165, 1.54) is 44.2 Å². The lowest BCUT2D eigenvalue weighted by Crippen LogP contribution is -2.41. The Balaban J connectivity index is 1.57. The zero-order valence-electron chi connectivity index (χ0n) is 17.9. The molecule has 1 saturated heterocycles. The average Bonchev–Trinajstić information content (AvgIpc) is 2.83. The van der Waals surface area contributed by atoms with Gasteiger partial charge < -0.3 is 15.0 Å². The summed E-state index contributed by atoms with van der Waals surface area (Å²) in [5, 5.41) is 13.8. The van der Waals surface area contributed by atoms with Crippen molar-refractivity contribution in [1.82, 2.24) is 19.9 Å². The Morgan fingerprint density at radius 3 is 2.57 bits per heavy atom. The van der Waals surface area contributed by atoms with Gasteiger partial charge in [-0.2, -0.15) is 0 Å². The third-order valence-corrected chi connectivity index (χ3v) is 6.99. The van der Waals surface area contributed by atoms with E-state index in [0.29, 0.717) is 5.92 Å². The molecule has 0 bridgehead atoms. The van der Waals surface area contributed by atoms with Crippen molar-refractivity contribution in [2.45, 2.75) is 83.2 Å². The molecule has 1 saturated carbocycles. The molecule has 2 N–H and O–H groups in total. The van der Waals surface area contributed by atoms with Crippen LogP contribution in [0.25, 0.3) is 11.2 Å². The highest BCUT2D eigenvalue weighted by Gasteiger charge is 2.32. The molecule has 0 amide bonds. The van der Waals surface area contributed by atoms with Crippen molar-refractivity contribution in [2.24, 2.45) is 18.9 Å². The molecular formula is C23H36N4O. The molecule has 3 heterocycles. The maximum atomic E-state index is 10.1. The molecule has 1 unspecified atom stereocenters. The van der Waals surface area contributed by atoms with E-state index in [-0.39, 0.29) is 24.1 Å². The van der Waals surface area contributed by atoms with Gasteiger partial charge in [-0.05, 0) is 37.2 Å². The van der Waals surface area contributed by atoms with Crippen molar-refractivity contribution in [3.63, 3.8) is 0 Å². The van der Waals surface area contributed by atoms with E-state index in [1.807, 2.05) is 6.20 Å². The Labute approximate surface area is 169 Å². The molecule has 0 spiro atoms. The number of hydrogen-bond acceptors (Lipinski definition) is 4. The Morgan fingerprint density at radius 2 is 1.93 bits per heavy atom. The topological polar surface area (TPSA) is 63.0 Å². The van der Waals surface area contributed by atoms with Crippen molar-refractivity contribution in [3.05, 3.63) is 23.7 Å². The summed E-state index contributed by atoms with van der Waals surface area (Å²) in [7, 11) is 2.09. The van der Waals surface area contributed by atoms with E-state index in [9.17, 15) is 5.11 Å². The van der Waals surface area contributed by atoms with Gasteiger partial charge in [0.05, 0.1) is 24.5 Å². The first-order chi connectivity index (χ1) is 13.4. The van der Waals surface area contributed by atoms with Gasteiger partial charge in [0.1, 0.15) is 5.52 Å². The Kier molecular flexibility index (Phi) is 5.49. The number of nitrogens with one attached hydrogen (secondary N) is 1. The van der Waals surface area contributed by atoms with Crippen LogP contribution in [0.1, 0.15) is 83.1 Å². The maximum Gasteiger partial charge on any atom is 0.158 e. The Hall–Kier alpha value is -1.46. The van der Waals surface area contributed by atoms with E-state index in [1.54, 1.807) is 0 Å². The zero-order valence-corrected chi connectivity index (χ0v) is 17.9. The van der Waals surface area contributed by atoms with Crippen molar-refractivity contribution in [3.8, 4) is 0 Å². The van der Waals surface area contributed by atoms with Crippen molar-refractivity contribution in [1.29, 1.82) is 0 Å². The summed E-state index contributed by atoms with van der Waals surface area (Å²) in [6.45, 7) is 6.89. The fourth-order valence-corrected chi connectivity index (χ4v) is 5.12. The van der Waals surface area contributed by atoms with Crippen LogP contribution in [-0.4, -0.2) is 32.3 Å². The van der Waals surface area contributed by atoms with Crippen LogP contribution in [0.5, 0.6) is 0 Å². The van der Waals surface area contributed by atoms with Crippen molar-refractivity contribution >= 4 is 11.2 Å². The van der Waals surface area contributed by atoms with E-state index in [2.05, 4.69) is 43.8 Å². The molecule has 3 atom stereocenters. The zero-order chi connectivity index (χ0) is 19.9. The summed E-state index contributed by atoms with van der Waals surface area (Å²) in [6, 6.07) is 2.51. The highest BCUT2D eigenvalue weighted by atomic mass is 16.3. The minimum Gasteiger partial charge on any atom is -0.395 e. The molecule has 5 heteroatoms. The molecule has 4 rings (SSSR count). The summed E-state index contributed by atoms with van der Waals surface area (Å²) in [5.41, 5.74) is 4.25. The fourth-order valence-electron chi connectivity index (χ4n) is 5.12. The molecular weight excluding hydrogens is 348 g/mol. The number of aromatic nitrogens is 3. The predicted molar refractivity (Wildman–Crippen MR) is 113 cm³/mol. The summed E-state index contributed by atoms with van der Waals surface area (Å²) >= 11 is 0. The lowest BCUT2D eigenvalue weighted by molar-refractivity contribution is 0.155. The predicted octanol–water partition coefficient (Wildman–Crippen LogP) is 4.25. The Bertz CT molecular complexity index is 818. The van der Waals surface area contributed by atoms with Gasteiger partial charge in [-0.25, -0.2) is 4.98 Å². The summed E-state index contributed by atoms with van der Waals surface area (Å²) < 4.78 is 2.19. The van der Waals surface area contributed by atoms with E-state index in [0.717, 1.165) is 29.2 Å². The first kappa shape index (κ1) is 19.8. The van der Waals surface area contributed by atoms with Crippen LogP contribution in [-0.2, 0) is 12.5 Å². The van der Waals surface area contributed by atoms with Crippen molar-refractivity contribution < 1.29 is 5.11 Å². The van der Waals surface area contributed by atoms with Crippen LogP contribution in [0.4, 0.5) is 0 Å². The molecule has 154 valence electrons.